The number of carbonyl (C=O) groups is 1. The first kappa shape index (κ1) is 11.6. The summed E-state index contributed by atoms with van der Waals surface area (Å²) >= 11 is 1.47. The number of hydrogen-bond donors (Lipinski definition) is 0. The molecule has 0 atom stereocenters. The third kappa shape index (κ3) is 2.82. The Morgan fingerprint density at radius 1 is 1.24 bits per heavy atom. The van der Waals surface area contributed by atoms with Crippen LogP contribution in [0.15, 0.2) is 48.4 Å². The summed E-state index contributed by atoms with van der Waals surface area (Å²) in [6.45, 7) is 5.73. The summed E-state index contributed by atoms with van der Waals surface area (Å²) in [5.74, 6) is 0.134. The van der Waals surface area contributed by atoms with Gasteiger partial charge in [0, 0.05) is 4.88 Å². The van der Waals surface area contributed by atoms with Crippen molar-refractivity contribution in [2.75, 3.05) is 0 Å². The van der Waals surface area contributed by atoms with E-state index in [1.165, 1.54) is 11.3 Å². The van der Waals surface area contributed by atoms with Crippen molar-refractivity contribution < 1.29 is 9.53 Å². The quantitative estimate of drug-likeness (QED) is 0.468. The Bertz CT molecular complexity index is 524. The molecule has 0 aliphatic heterocycles. The lowest BCUT2D eigenvalue weighted by molar-refractivity contribution is -0.127. The van der Waals surface area contributed by atoms with Crippen molar-refractivity contribution in [2.45, 2.75) is 6.92 Å². The van der Waals surface area contributed by atoms with Gasteiger partial charge in [0.15, 0.2) is 0 Å². The molecule has 86 valence electrons. The van der Waals surface area contributed by atoms with Gasteiger partial charge >= 0.3 is 5.97 Å². The Kier molecular flexibility index (Phi) is 3.40. The van der Waals surface area contributed by atoms with Crippen LogP contribution in [0.3, 0.4) is 0 Å². The van der Waals surface area contributed by atoms with Crippen LogP contribution in [0.2, 0.25) is 0 Å². The second-order valence-corrected chi connectivity index (χ2v) is 4.61. The average Bonchev–Trinajstić information content (AvgIpc) is 2.84. The molecule has 0 unspecified atom stereocenters. The molecule has 17 heavy (non-hydrogen) atoms. The van der Waals surface area contributed by atoms with E-state index in [-0.39, 0.29) is 0 Å². The fourth-order valence-electron chi connectivity index (χ4n) is 1.33. The second-order valence-electron chi connectivity index (χ2n) is 3.66. The minimum atomic E-state index is -0.406. The van der Waals surface area contributed by atoms with E-state index < -0.39 is 5.97 Å². The Morgan fingerprint density at radius 3 is 2.53 bits per heavy atom. The molecule has 2 aromatic rings. The van der Waals surface area contributed by atoms with Crippen LogP contribution in [-0.2, 0) is 4.79 Å². The minimum Gasteiger partial charge on any atom is -0.423 e. The lowest BCUT2D eigenvalue weighted by atomic mass is 10.2. The number of rotatable bonds is 3. The van der Waals surface area contributed by atoms with E-state index in [9.17, 15) is 4.79 Å². The number of ether oxygens (including phenoxy) is 1. The molecule has 0 radical (unpaired) electrons. The Labute approximate surface area is 104 Å². The van der Waals surface area contributed by atoms with Gasteiger partial charge in [-0.1, -0.05) is 30.3 Å². The standard InChI is InChI=1S/C14H12O2S/c1-10-5-7-12(8-6-10)16-14(15)11(2)13-4-3-9-17-13/h3-9H,2H2,1H3. The van der Waals surface area contributed by atoms with Gasteiger partial charge in [-0.15, -0.1) is 11.3 Å². The van der Waals surface area contributed by atoms with Gasteiger partial charge in [0.05, 0.1) is 5.57 Å². The van der Waals surface area contributed by atoms with Gasteiger partial charge in [0.2, 0.25) is 0 Å². The molecule has 0 saturated heterocycles. The smallest absolute Gasteiger partial charge is 0.344 e. The van der Waals surface area contributed by atoms with Gasteiger partial charge in [0.25, 0.3) is 0 Å². The first-order valence-corrected chi connectivity index (χ1v) is 6.06. The van der Waals surface area contributed by atoms with Gasteiger partial charge in [-0.05, 0) is 30.5 Å². The number of aryl methyl sites for hydroxylation is 1. The molecule has 3 heteroatoms. The first-order chi connectivity index (χ1) is 8.16. The lowest BCUT2D eigenvalue weighted by Gasteiger charge is -2.05. The van der Waals surface area contributed by atoms with Crippen molar-refractivity contribution >= 4 is 22.9 Å². The van der Waals surface area contributed by atoms with Gasteiger partial charge in [-0.3, -0.25) is 0 Å². The third-order valence-corrected chi connectivity index (χ3v) is 3.23. The van der Waals surface area contributed by atoms with Crippen molar-refractivity contribution in [2.24, 2.45) is 0 Å². The van der Waals surface area contributed by atoms with Gasteiger partial charge in [-0.2, -0.15) is 0 Å². The first-order valence-electron chi connectivity index (χ1n) is 5.18. The number of benzene rings is 1. The normalized spacial score (nSPS) is 9.94. The van der Waals surface area contributed by atoms with Crippen molar-refractivity contribution in [3.05, 3.63) is 58.8 Å². The van der Waals surface area contributed by atoms with Crippen LogP contribution >= 0.6 is 11.3 Å². The molecule has 1 heterocycles. The maximum atomic E-state index is 11.8. The van der Waals surface area contributed by atoms with Crippen LogP contribution in [0.5, 0.6) is 5.75 Å². The van der Waals surface area contributed by atoms with Crippen molar-refractivity contribution in [1.82, 2.24) is 0 Å². The van der Waals surface area contributed by atoms with Gasteiger partial charge in [0.1, 0.15) is 5.75 Å². The molecule has 0 saturated carbocycles. The second kappa shape index (κ2) is 4.97. The lowest BCUT2D eigenvalue weighted by Crippen LogP contribution is -2.08. The molecule has 2 nitrogen and oxygen atoms in total. The van der Waals surface area contributed by atoms with E-state index in [2.05, 4.69) is 6.58 Å². The summed E-state index contributed by atoms with van der Waals surface area (Å²) in [6.07, 6.45) is 0. The van der Waals surface area contributed by atoms with Crippen LogP contribution in [0.25, 0.3) is 5.57 Å². The molecule has 1 aromatic heterocycles. The Balaban J connectivity index is 2.07. The van der Waals surface area contributed by atoms with Crippen LogP contribution in [0.1, 0.15) is 10.4 Å². The van der Waals surface area contributed by atoms with E-state index >= 15 is 0 Å². The number of esters is 1. The van der Waals surface area contributed by atoms with E-state index in [1.807, 2.05) is 36.6 Å². The summed E-state index contributed by atoms with van der Waals surface area (Å²) < 4.78 is 5.22. The highest BCUT2D eigenvalue weighted by molar-refractivity contribution is 7.11. The van der Waals surface area contributed by atoms with Crippen molar-refractivity contribution in [3.63, 3.8) is 0 Å². The average molecular weight is 244 g/mol. The molecule has 0 spiro atoms. The zero-order valence-electron chi connectivity index (χ0n) is 9.47. The Morgan fingerprint density at radius 2 is 1.94 bits per heavy atom. The summed E-state index contributed by atoms with van der Waals surface area (Å²) in [4.78, 5) is 12.6. The number of hydrogen-bond acceptors (Lipinski definition) is 3. The third-order valence-electron chi connectivity index (χ3n) is 2.30. The Hall–Kier alpha value is -1.87. The number of carbonyl (C=O) groups excluding carboxylic acids is 1. The topological polar surface area (TPSA) is 26.3 Å². The minimum absolute atomic E-state index is 0.389. The zero-order chi connectivity index (χ0) is 12.3. The predicted molar refractivity (Wildman–Crippen MR) is 70.2 cm³/mol. The highest BCUT2D eigenvalue weighted by Crippen LogP contribution is 2.21. The molecule has 0 fully saturated rings. The van der Waals surface area contributed by atoms with E-state index in [4.69, 9.17) is 4.74 Å². The molecular formula is C14H12O2S. The zero-order valence-corrected chi connectivity index (χ0v) is 10.3. The molecule has 0 bridgehead atoms. The fraction of sp³-hybridized carbons (Fsp3) is 0.0714. The molecule has 2 rings (SSSR count). The maximum absolute atomic E-state index is 11.8. The fourth-order valence-corrected chi connectivity index (χ4v) is 2.01. The molecule has 0 amide bonds. The molecule has 0 aliphatic rings. The van der Waals surface area contributed by atoms with Crippen LogP contribution in [0.4, 0.5) is 0 Å². The largest absolute Gasteiger partial charge is 0.423 e. The SMILES string of the molecule is C=C(C(=O)Oc1ccc(C)cc1)c1cccs1. The van der Waals surface area contributed by atoms with Crippen LogP contribution in [0, 0.1) is 6.92 Å². The maximum Gasteiger partial charge on any atom is 0.344 e. The molecule has 0 aliphatic carbocycles. The number of thiophene rings is 1. The summed E-state index contributed by atoms with van der Waals surface area (Å²) in [7, 11) is 0. The molecular weight excluding hydrogens is 232 g/mol. The van der Waals surface area contributed by atoms with Gasteiger partial charge < -0.3 is 4.74 Å². The highest BCUT2D eigenvalue weighted by atomic mass is 32.1. The molecule has 1 aromatic carbocycles. The van der Waals surface area contributed by atoms with Crippen LogP contribution in [-0.4, -0.2) is 5.97 Å². The predicted octanol–water partition coefficient (Wildman–Crippen LogP) is 3.68. The van der Waals surface area contributed by atoms with Crippen molar-refractivity contribution in [1.29, 1.82) is 0 Å². The summed E-state index contributed by atoms with van der Waals surface area (Å²) in [6, 6.07) is 11.1. The van der Waals surface area contributed by atoms with E-state index in [0.29, 0.717) is 11.3 Å². The monoisotopic (exact) mass is 244 g/mol. The molecule has 0 N–H and O–H groups in total. The van der Waals surface area contributed by atoms with Gasteiger partial charge in [-0.25, -0.2) is 4.79 Å². The van der Waals surface area contributed by atoms with Crippen LogP contribution < -0.4 is 4.74 Å². The summed E-state index contributed by atoms with van der Waals surface area (Å²) in [5.41, 5.74) is 1.52. The van der Waals surface area contributed by atoms with Crippen molar-refractivity contribution in [3.8, 4) is 5.75 Å². The highest BCUT2D eigenvalue weighted by Gasteiger charge is 2.12. The van der Waals surface area contributed by atoms with E-state index in [0.717, 1.165) is 10.4 Å². The van der Waals surface area contributed by atoms with E-state index in [1.54, 1.807) is 12.1 Å². The summed E-state index contributed by atoms with van der Waals surface area (Å²) in [5, 5.41) is 1.90.